The lowest BCUT2D eigenvalue weighted by Gasteiger charge is -2.37. The number of amides is 2. The molecule has 21 heavy (non-hydrogen) atoms. The first-order chi connectivity index (χ1) is 9.84. The number of methoxy groups -OCH3 is 1. The Hall–Kier alpha value is -0.950. The van der Waals surface area contributed by atoms with Crippen LogP contribution >= 0.6 is 11.8 Å². The van der Waals surface area contributed by atoms with Crippen LogP contribution in [0, 0.1) is 5.92 Å². The van der Waals surface area contributed by atoms with Crippen molar-refractivity contribution in [2.75, 3.05) is 26.0 Å². The highest BCUT2D eigenvalue weighted by Gasteiger charge is 2.44. The molecular formula is C14H26N2O4S. The summed E-state index contributed by atoms with van der Waals surface area (Å²) in [6.07, 6.45) is 0. The number of carboxylic acid groups (broad SMARTS) is 1. The second-order valence-corrected chi connectivity index (χ2v) is 6.75. The third kappa shape index (κ3) is 4.03. The van der Waals surface area contributed by atoms with Crippen molar-refractivity contribution in [1.82, 2.24) is 9.80 Å². The normalized spacial score (nSPS) is 23.4. The van der Waals surface area contributed by atoms with Gasteiger partial charge in [0.1, 0.15) is 6.04 Å². The summed E-state index contributed by atoms with van der Waals surface area (Å²) < 4.78 is 5.11. The minimum absolute atomic E-state index is 0.0830. The first-order valence-corrected chi connectivity index (χ1v) is 8.32. The van der Waals surface area contributed by atoms with Gasteiger partial charge in [-0.15, -0.1) is 11.8 Å². The Labute approximate surface area is 130 Å². The number of hydrogen-bond acceptors (Lipinski definition) is 4. The zero-order chi connectivity index (χ0) is 16.2. The van der Waals surface area contributed by atoms with Crippen molar-refractivity contribution in [3.05, 3.63) is 0 Å². The number of carbonyl (C=O) groups excluding carboxylic acids is 1. The summed E-state index contributed by atoms with van der Waals surface area (Å²) in [7, 11) is 1.59. The molecule has 1 aliphatic heterocycles. The highest BCUT2D eigenvalue weighted by atomic mass is 32.2. The largest absolute Gasteiger partial charge is 0.480 e. The molecule has 0 bridgehead atoms. The van der Waals surface area contributed by atoms with Crippen molar-refractivity contribution in [3.8, 4) is 0 Å². The van der Waals surface area contributed by atoms with E-state index < -0.39 is 12.0 Å². The Morgan fingerprint density at radius 3 is 2.48 bits per heavy atom. The fraction of sp³-hybridized carbons (Fsp3) is 0.857. The van der Waals surface area contributed by atoms with E-state index >= 15 is 0 Å². The molecule has 1 rings (SSSR count). The van der Waals surface area contributed by atoms with E-state index in [0.29, 0.717) is 18.9 Å². The van der Waals surface area contributed by atoms with Crippen molar-refractivity contribution >= 4 is 23.8 Å². The Balaban J connectivity index is 2.99. The van der Waals surface area contributed by atoms with Crippen LogP contribution in [0.4, 0.5) is 4.79 Å². The molecule has 0 saturated carbocycles. The summed E-state index contributed by atoms with van der Waals surface area (Å²) in [6.45, 7) is 8.79. The van der Waals surface area contributed by atoms with Crippen LogP contribution in [-0.4, -0.2) is 70.4 Å². The molecule has 1 fully saturated rings. The summed E-state index contributed by atoms with van der Waals surface area (Å²) in [5.41, 5.74) is 0. The van der Waals surface area contributed by atoms with Crippen LogP contribution in [0.5, 0.6) is 0 Å². The SMILES string of the molecule is CCN(C(=O)N1C(C(=O)O)CSC1C(C)C)C(C)COC. The minimum atomic E-state index is -0.936. The third-order valence-corrected chi connectivity index (χ3v) is 5.26. The lowest BCUT2D eigenvalue weighted by atomic mass is 10.1. The number of carboxylic acids is 1. The van der Waals surface area contributed by atoms with E-state index in [2.05, 4.69) is 0 Å². The molecule has 1 heterocycles. The molecule has 1 saturated heterocycles. The van der Waals surface area contributed by atoms with Crippen molar-refractivity contribution in [1.29, 1.82) is 0 Å². The van der Waals surface area contributed by atoms with Gasteiger partial charge in [0.2, 0.25) is 0 Å². The average molecular weight is 318 g/mol. The Bertz CT molecular complexity index is 378. The van der Waals surface area contributed by atoms with E-state index in [1.165, 1.54) is 4.90 Å². The number of thioether (sulfide) groups is 1. The van der Waals surface area contributed by atoms with Crippen LogP contribution in [0.1, 0.15) is 27.7 Å². The van der Waals surface area contributed by atoms with E-state index in [9.17, 15) is 14.7 Å². The summed E-state index contributed by atoms with van der Waals surface area (Å²) in [5.74, 6) is -0.283. The van der Waals surface area contributed by atoms with Crippen molar-refractivity contribution < 1.29 is 19.4 Å². The first kappa shape index (κ1) is 18.1. The molecule has 0 aliphatic carbocycles. The van der Waals surface area contributed by atoms with E-state index in [1.807, 2.05) is 27.7 Å². The molecule has 0 aromatic carbocycles. The molecule has 3 atom stereocenters. The van der Waals surface area contributed by atoms with Crippen LogP contribution < -0.4 is 0 Å². The summed E-state index contributed by atoms with van der Waals surface area (Å²) >= 11 is 1.54. The first-order valence-electron chi connectivity index (χ1n) is 7.27. The van der Waals surface area contributed by atoms with E-state index in [4.69, 9.17) is 4.74 Å². The van der Waals surface area contributed by atoms with E-state index in [1.54, 1.807) is 23.8 Å². The lowest BCUT2D eigenvalue weighted by Crippen LogP contribution is -2.55. The Kier molecular flexibility index (Phi) is 6.80. The average Bonchev–Trinajstić information content (AvgIpc) is 2.84. The summed E-state index contributed by atoms with van der Waals surface area (Å²) in [5, 5.41) is 9.28. The van der Waals surface area contributed by atoms with Crippen LogP contribution in [0.2, 0.25) is 0 Å². The molecule has 0 aromatic heterocycles. The third-order valence-electron chi connectivity index (χ3n) is 3.64. The van der Waals surface area contributed by atoms with Gasteiger partial charge in [-0.3, -0.25) is 4.90 Å². The van der Waals surface area contributed by atoms with Crippen molar-refractivity contribution in [2.45, 2.75) is 45.2 Å². The minimum Gasteiger partial charge on any atom is -0.480 e. The summed E-state index contributed by atoms with van der Waals surface area (Å²) in [4.78, 5) is 27.5. The number of carbonyl (C=O) groups is 2. The van der Waals surface area contributed by atoms with Gasteiger partial charge in [0, 0.05) is 19.4 Å². The van der Waals surface area contributed by atoms with Gasteiger partial charge in [-0.2, -0.15) is 0 Å². The van der Waals surface area contributed by atoms with Gasteiger partial charge in [-0.25, -0.2) is 9.59 Å². The number of aliphatic carboxylic acids is 1. The second kappa shape index (κ2) is 7.89. The Morgan fingerprint density at radius 1 is 1.43 bits per heavy atom. The molecular weight excluding hydrogens is 292 g/mol. The zero-order valence-corrected chi connectivity index (χ0v) is 14.2. The van der Waals surface area contributed by atoms with Gasteiger partial charge in [-0.05, 0) is 19.8 Å². The van der Waals surface area contributed by atoms with E-state index in [0.717, 1.165) is 0 Å². The highest BCUT2D eigenvalue weighted by Crippen LogP contribution is 2.35. The molecule has 1 N–H and O–H groups in total. The number of hydrogen-bond donors (Lipinski definition) is 1. The molecule has 1 aliphatic rings. The number of nitrogens with zero attached hydrogens (tertiary/aromatic N) is 2. The maximum absolute atomic E-state index is 12.8. The Morgan fingerprint density at radius 2 is 2.05 bits per heavy atom. The smallest absolute Gasteiger partial charge is 0.327 e. The highest BCUT2D eigenvalue weighted by molar-refractivity contribution is 8.00. The van der Waals surface area contributed by atoms with Gasteiger partial charge in [-0.1, -0.05) is 13.8 Å². The molecule has 7 heteroatoms. The number of urea groups is 1. The fourth-order valence-electron chi connectivity index (χ4n) is 2.59. The van der Waals surface area contributed by atoms with Crippen LogP contribution in [0.3, 0.4) is 0 Å². The van der Waals surface area contributed by atoms with Gasteiger partial charge in [0.25, 0.3) is 0 Å². The number of rotatable bonds is 6. The standard InChI is InChI=1S/C14H26N2O4S/c1-6-15(10(4)7-20-5)14(19)16-11(13(17)18)8-21-12(16)9(2)3/h9-12H,6-8H2,1-5H3,(H,17,18). The molecule has 0 aromatic rings. The molecule has 6 nitrogen and oxygen atoms in total. The maximum Gasteiger partial charge on any atom is 0.327 e. The quantitative estimate of drug-likeness (QED) is 0.810. The van der Waals surface area contributed by atoms with Crippen LogP contribution in [0.15, 0.2) is 0 Å². The van der Waals surface area contributed by atoms with Gasteiger partial charge >= 0.3 is 12.0 Å². The van der Waals surface area contributed by atoms with Crippen LogP contribution in [-0.2, 0) is 9.53 Å². The fourth-order valence-corrected chi connectivity index (χ4v) is 4.05. The molecule has 0 radical (unpaired) electrons. The maximum atomic E-state index is 12.8. The van der Waals surface area contributed by atoms with Crippen molar-refractivity contribution in [3.63, 3.8) is 0 Å². The van der Waals surface area contributed by atoms with Gasteiger partial charge in [0.15, 0.2) is 0 Å². The topological polar surface area (TPSA) is 70.1 Å². The molecule has 3 unspecified atom stereocenters. The number of ether oxygens (including phenoxy) is 1. The van der Waals surface area contributed by atoms with Gasteiger partial charge < -0.3 is 14.7 Å². The second-order valence-electron chi connectivity index (χ2n) is 5.60. The van der Waals surface area contributed by atoms with Crippen LogP contribution in [0.25, 0.3) is 0 Å². The molecule has 122 valence electrons. The number of likely N-dealkylation sites (N-methyl/N-ethyl adjacent to an activating group) is 1. The monoisotopic (exact) mass is 318 g/mol. The molecule has 0 spiro atoms. The van der Waals surface area contributed by atoms with Crippen molar-refractivity contribution in [2.24, 2.45) is 5.92 Å². The molecule has 2 amide bonds. The van der Waals surface area contributed by atoms with E-state index in [-0.39, 0.29) is 23.4 Å². The van der Waals surface area contributed by atoms with Gasteiger partial charge in [0.05, 0.1) is 18.0 Å². The zero-order valence-electron chi connectivity index (χ0n) is 13.4. The lowest BCUT2D eigenvalue weighted by molar-refractivity contribution is -0.141. The summed E-state index contributed by atoms with van der Waals surface area (Å²) in [6, 6.07) is -1.04. The predicted octanol–water partition coefficient (Wildman–Crippen LogP) is 1.95. The predicted molar refractivity (Wildman–Crippen MR) is 83.5 cm³/mol.